The highest BCUT2D eigenvalue weighted by Gasteiger charge is 2.35. The molecule has 2 bridgehead atoms. The van der Waals surface area contributed by atoms with Crippen LogP contribution in [0.15, 0.2) is 0 Å². The van der Waals surface area contributed by atoms with Gasteiger partial charge in [0, 0.05) is 12.6 Å². The maximum atomic E-state index is 11.9. The third-order valence-corrected chi connectivity index (χ3v) is 4.19. The van der Waals surface area contributed by atoms with Crippen molar-refractivity contribution in [2.75, 3.05) is 19.6 Å². The van der Waals surface area contributed by atoms with Gasteiger partial charge in [-0.3, -0.25) is 4.79 Å². The van der Waals surface area contributed by atoms with Crippen LogP contribution in [0.1, 0.15) is 39.0 Å². The monoisotopic (exact) mass is 239 g/mol. The molecule has 0 radical (unpaired) electrons. The highest BCUT2D eigenvalue weighted by atomic mass is 16.2. The highest BCUT2D eigenvalue weighted by Crippen LogP contribution is 2.27. The van der Waals surface area contributed by atoms with Gasteiger partial charge in [-0.25, -0.2) is 0 Å². The van der Waals surface area contributed by atoms with Crippen LogP contribution in [0, 0.1) is 5.92 Å². The minimum Gasteiger partial charge on any atom is -0.350 e. The average Bonchev–Trinajstić information content (AvgIpc) is 2.37. The number of hydrogen-bond acceptors (Lipinski definition) is 3. The second-order valence-corrected chi connectivity index (χ2v) is 5.50. The summed E-state index contributed by atoms with van der Waals surface area (Å²) in [4.78, 5) is 14.4. The normalized spacial score (nSPS) is 33.4. The summed E-state index contributed by atoms with van der Waals surface area (Å²) in [6.45, 7) is 5.56. The lowest BCUT2D eigenvalue weighted by molar-refractivity contribution is -0.124. The first-order chi connectivity index (χ1) is 8.20. The quantitative estimate of drug-likeness (QED) is 0.743. The fourth-order valence-corrected chi connectivity index (χ4v) is 2.97. The third kappa shape index (κ3) is 3.19. The number of fused-ring (bicyclic) bond motifs is 3. The summed E-state index contributed by atoms with van der Waals surface area (Å²) in [6, 6.07) is 0.0306. The van der Waals surface area contributed by atoms with Gasteiger partial charge < -0.3 is 16.0 Å². The first-order valence-corrected chi connectivity index (χ1v) is 6.99. The van der Waals surface area contributed by atoms with Crippen LogP contribution in [0.4, 0.5) is 0 Å². The fraction of sp³-hybridized carbons (Fsp3) is 0.923. The Balaban J connectivity index is 1.78. The van der Waals surface area contributed by atoms with Crippen molar-refractivity contribution in [1.82, 2.24) is 10.2 Å². The van der Waals surface area contributed by atoms with Gasteiger partial charge in [0.15, 0.2) is 0 Å². The van der Waals surface area contributed by atoms with Crippen molar-refractivity contribution in [2.45, 2.75) is 51.1 Å². The van der Waals surface area contributed by atoms with Crippen LogP contribution in [0.25, 0.3) is 0 Å². The van der Waals surface area contributed by atoms with Crippen LogP contribution in [-0.4, -0.2) is 42.5 Å². The largest absolute Gasteiger partial charge is 0.350 e. The lowest BCUT2D eigenvalue weighted by Crippen LogP contribution is -2.59. The first kappa shape index (κ1) is 12.8. The molecule has 3 N–H and O–H groups in total. The van der Waals surface area contributed by atoms with E-state index in [0.717, 1.165) is 25.8 Å². The van der Waals surface area contributed by atoms with Crippen LogP contribution in [0.3, 0.4) is 0 Å². The lowest BCUT2D eigenvalue weighted by atomic mass is 9.84. The van der Waals surface area contributed by atoms with E-state index in [4.69, 9.17) is 5.73 Å². The zero-order chi connectivity index (χ0) is 12.3. The molecule has 3 aliphatic heterocycles. The molecule has 3 fully saturated rings. The van der Waals surface area contributed by atoms with E-state index in [9.17, 15) is 4.79 Å². The predicted molar refractivity (Wildman–Crippen MR) is 68.6 cm³/mol. The molecular weight excluding hydrogens is 214 g/mol. The standard InChI is InChI=1S/C13H25N3O/c1-2-3-4-11(14)13(17)15-12-9-16-7-5-10(12)6-8-16/h10-12H,2-9,14H2,1H3,(H,15,17). The summed E-state index contributed by atoms with van der Waals surface area (Å²) in [5, 5.41) is 3.15. The summed E-state index contributed by atoms with van der Waals surface area (Å²) in [5.41, 5.74) is 5.89. The van der Waals surface area contributed by atoms with Gasteiger partial charge in [0.1, 0.15) is 0 Å². The van der Waals surface area contributed by atoms with E-state index in [-0.39, 0.29) is 11.9 Å². The molecule has 0 aromatic heterocycles. The molecule has 0 aromatic rings. The van der Waals surface area contributed by atoms with Gasteiger partial charge >= 0.3 is 0 Å². The number of hydrogen-bond donors (Lipinski definition) is 2. The number of nitrogens with two attached hydrogens (primary N) is 1. The van der Waals surface area contributed by atoms with E-state index in [1.807, 2.05) is 0 Å². The van der Waals surface area contributed by atoms with Gasteiger partial charge in [0.2, 0.25) is 5.91 Å². The molecule has 0 aromatic carbocycles. The molecule has 3 rings (SSSR count). The number of nitrogens with one attached hydrogen (secondary N) is 1. The number of nitrogens with zero attached hydrogens (tertiary/aromatic N) is 1. The summed E-state index contributed by atoms with van der Waals surface area (Å²) >= 11 is 0. The van der Waals surface area contributed by atoms with Gasteiger partial charge in [0.05, 0.1) is 6.04 Å². The van der Waals surface area contributed by atoms with E-state index in [1.54, 1.807) is 0 Å². The Morgan fingerprint density at radius 2 is 2.18 bits per heavy atom. The van der Waals surface area contributed by atoms with Crippen LogP contribution in [0.2, 0.25) is 0 Å². The maximum Gasteiger partial charge on any atom is 0.237 e. The lowest BCUT2D eigenvalue weighted by Gasteiger charge is -2.45. The number of carbonyl (C=O) groups excluding carboxylic acids is 1. The van der Waals surface area contributed by atoms with Crippen LogP contribution in [0.5, 0.6) is 0 Å². The Kier molecular flexibility index (Phi) is 4.40. The Morgan fingerprint density at radius 3 is 2.71 bits per heavy atom. The van der Waals surface area contributed by atoms with E-state index < -0.39 is 0 Å². The van der Waals surface area contributed by atoms with Crippen molar-refractivity contribution in [2.24, 2.45) is 11.7 Å². The smallest absolute Gasteiger partial charge is 0.237 e. The minimum absolute atomic E-state index is 0.0530. The SMILES string of the molecule is CCCCC(N)C(=O)NC1CN2CCC1CC2. The molecule has 2 atom stereocenters. The van der Waals surface area contributed by atoms with Gasteiger partial charge in [-0.2, -0.15) is 0 Å². The number of carbonyl (C=O) groups is 1. The molecule has 0 saturated carbocycles. The van der Waals surface area contributed by atoms with E-state index >= 15 is 0 Å². The minimum atomic E-state index is -0.314. The molecule has 4 heteroatoms. The zero-order valence-electron chi connectivity index (χ0n) is 10.8. The Morgan fingerprint density at radius 1 is 1.47 bits per heavy atom. The molecule has 0 spiro atoms. The van der Waals surface area contributed by atoms with Gasteiger partial charge in [-0.1, -0.05) is 19.8 Å². The number of amides is 1. The first-order valence-electron chi connectivity index (χ1n) is 6.99. The van der Waals surface area contributed by atoms with Gasteiger partial charge in [0.25, 0.3) is 0 Å². The van der Waals surface area contributed by atoms with E-state index in [1.165, 1.54) is 25.9 Å². The summed E-state index contributed by atoms with van der Waals surface area (Å²) in [6.07, 6.45) is 5.41. The van der Waals surface area contributed by atoms with Gasteiger partial charge in [-0.15, -0.1) is 0 Å². The second kappa shape index (κ2) is 5.83. The van der Waals surface area contributed by atoms with Crippen LogP contribution in [-0.2, 0) is 4.79 Å². The number of piperidine rings is 3. The predicted octanol–water partition coefficient (Wildman–Crippen LogP) is 0.714. The van der Waals surface area contributed by atoms with Crippen molar-refractivity contribution in [3.8, 4) is 0 Å². The van der Waals surface area contributed by atoms with Crippen molar-refractivity contribution >= 4 is 5.91 Å². The van der Waals surface area contributed by atoms with Crippen molar-refractivity contribution in [3.05, 3.63) is 0 Å². The van der Waals surface area contributed by atoms with Crippen molar-refractivity contribution in [1.29, 1.82) is 0 Å². The fourth-order valence-electron chi connectivity index (χ4n) is 2.97. The molecule has 0 aliphatic carbocycles. The molecule has 3 saturated heterocycles. The molecule has 1 amide bonds. The van der Waals surface area contributed by atoms with Crippen LogP contribution < -0.4 is 11.1 Å². The number of unbranched alkanes of at least 4 members (excludes halogenated alkanes) is 1. The number of rotatable bonds is 5. The van der Waals surface area contributed by atoms with E-state index in [0.29, 0.717) is 12.0 Å². The summed E-state index contributed by atoms with van der Waals surface area (Å²) in [7, 11) is 0. The molecule has 3 heterocycles. The second-order valence-electron chi connectivity index (χ2n) is 5.50. The Labute approximate surface area is 104 Å². The van der Waals surface area contributed by atoms with Gasteiger partial charge in [-0.05, 0) is 38.3 Å². The molecule has 4 nitrogen and oxygen atoms in total. The Hall–Kier alpha value is -0.610. The molecule has 98 valence electrons. The molecule has 2 unspecified atom stereocenters. The molecule has 17 heavy (non-hydrogen) atoms. The van der Waals surface area contributed by atoms with Crippen molar-refractivity contribution in [3.63, 3.8) is 0 Å². The molecule has 3 aliphatic rings. The van der Waals surface area contributed by atoms with Crippen molar-refractivity contribution < 1.29 is 4.79 Å². The highest BCUT2D eigenvalue weighted by molar-refractivity contribution is 5.81. The molecular formula is C13H25N3O. The average molecular weight is 239 g/mol. The third-order valence-electron chi connectivity index (χ3n) is 4.19. The summed E-state index contributed by atoms with van der Waals surface area (Å²) < 4.78 is 0. The maximum absolute atomic E-state index is 11.9. The van der Waals surface area contributed by atoms with E-state index in [2.05, 4.69) is 17.1 Å². The topological polar surface area (TPSA) is 58.4 Å². The van der Waals surface area contributed by atoms with Crippen LogP contribution >= 0.6 is 0 Å². The zero-order valence-corrected chi connectivity index (χ0v) is 10.8. The summed E-state index contributed by atoms with van der Waals surface area (Å²) in [5.74, 6) is 0.736. The Bertz CT molecular complexity index is 261.